The molecule has 0 aromatic heterocycles. The molecule has 0 aliphatic carbocycles. The molecule has 3 aliphatic rings. The third-order valence-corrected chi connectivity index (χ3v) is 7.22. The van der Waals surface area contributed by atoms with E-state index < -0.39 is 66.5 Å². The van der Waals surface area contributed by atoms with Gasteiger partial charge in [0.25, 0.3) is 11.5 Å². The van der Waals surface area contributed by atoms with Crippen LogP contribution < -0.4 is 4.74 Å². The molecule has 2 aromatic rings. The fourth-order valence-electron chi connectivity index (χ4n) is 5.00. The van der Waals surface area contributed by atoms with E-state index in [4.69, 9.17) is 23.7 Å². The Hall–Kier alpha value is -3.71. The van der Waals surface area contributed by atoms with Gasteiger partial charge in [0.1, 0.15) is 34.7 Å². The lowest BCUT2D eigenvalue weighted by Gasteiger charge is -2.41. The Balaban J connectivity index is 1.54. The number of hydrogen-bond acceptors (Lipinski definition) is 12. The first-order chi connectivity index (χ1) is 18.5. The SMILES string of the molecule is CC1OC(=O)C2=C1OC(CCc1ccc(O)cc1)(c1c(O)cc(O)cc1OC1O[C@H](CO)[C@@H](C)[C@H](O)[C@H]1O)O2. The van der Waals surface area contributed by atoms with E-state index in [2.05, 4.69) is 0 Å². The molecular formula is C27H30O12. The van der Waals surface area contributed by atoms with Crippen molar-refractivity contribution in [3.05, 3.63) is 59.0 Å². The largest absolute Gasteiger partial charge is 0.508 e. The van der Waals surface area contributed by atoms with Crippen LogP contribution in [0.4, 0.5) is 0 Å². The first-order valence-corrected chi connectivity index (χ1v) is 12.5. The normalized spacial score (nSPS) is 31.9. The first kappa shape index (κ1) is 26.9. The van der Waals surface area contributed by atoms with Crippen molar-refractivity contribution in [3.63, 3.8) is 0 Å². The Labute approximate surface area is 223 Å². The fraction of sp³-hybridized carbons (Fsp3) is 0.444. The zero-order valence-corrected chi connectivity index (χ0v) is 21.2. The highest BCUT2D eigenvalue weighted by Crippen LogP contribution is 2.53. The van der Waals surface area contributed by atoms with Crippen LogP contribution >= 0.6 is 0 Å². The van der Waals surface area contributed by atoms with Crippen LogP contribution in [0.25, 0.3) is 0 Å². The zero-order valence-electron chi connectivity index (χ0n) is 21.2. The average molecular weight is 547 g/mol. The van der Waals surface area contributed by atoms with Crippen LogP contribution in [-0.4, -0.2) is 73.9 Å². The summed E-state index contributed by atoms with van der Waals surface area (Å²) in [5.41, 5.74) is 0.662. The molecule has 3 unspecified atom stereocenters. The van der Waals surface area contributed by atoms with Gasteiger partial charge < -0.3 is 54.3 Å². The van der Waals surface area contributed by atoms with Crippen LogP contribution in [0.15, 0.2) is 47.9 Å². The van der Waals surface area contributed by atoms with Crippen LogP contribution in [0.1, 0.15) is 31.4 Å². The van der Waals surface area contributed by atoms with E-state index >= 15 is 0 Å². The molecular weight excluding hydrogens is 516 g/mol. The minimum atomic E-state index is -1.84. The Morgan fingerprint density at radius 2 is 1.69 bits per heavy atom. The maximum atomic E-state index is 12.5. The molecule has 0 saturated carbocycles. The standard InChI is InChI=1S/C27H30O12/c1-12-19(11-28)37-26(22(33)21(12)32)36-18-10-16(30)9-17(31)20(18)27(8-7-14-3-5-15(29)6-4-14)38-23-13(2)35-25(34)24(23)39-27/h3-6,9-10,12-13,19,21-22,26,28-33H,7-8,11H2,1-2H3/t12-,13?,19-,21+,22-,26?,27?/m1/s1. The van der Waals surface area contributed by atoms with Gasteiger partial charge in [0.05, 0.1) is 18.8 Å². The number of phenols is 3. The molecule has 210 valence electrons. The van der Waals surface area contributed by atoms with Gasteiger partial charge in [-0.1, -0.05) is 19.1 Å². The molecule has 5 rings (SSSR count). The van der Waals surface area contributed by atoms with Crippen LogP contribution in [0.3, 0.4) is 0 Å². The van der Waals surface area contributed by atoms with Crippen LogP contribution in [0.2, 0.25) is 0 Å². The van der Waals surface area contributed by atoms with Crippen molar-refractivity contribution >= 4 is 5.97 Å². The molecule has 3 heterocycles. The summed E-state index contributed by atoms with van der Waals surface area (Å²) in [4.78, 5) is 12.5. The lowest BCUT2D eigenvalue weighted by atomic mass is 9.91. The molecule has 3 aliphatic heterocycles. The number of aliphatic hydroxyl groups is 3. The van der Waals surface area contributed by atoms with Crippen molar-refractivity contribution in [2.24, 2.45) is 5.92 Å². The summed E-state index contributed by atoms with van der Waals surface area (Å²) >= 11 is 0. The predicted octanol–water partition coefficient (Wildman–Crippen LogP) is 1.25. The molecule has 0 bridgehead atoms. The van der Waals surface area contributed by atoms with Gasteiger partial charge >= 0.3 is 5.97 Å². The number of aromatic hydroxyl groups is 3. The fourth-order valence-corrected chi connectivity index (χ4v) is 5.00. The van der Waals surface area contributed by atoms with E-state index in [9.17, 15) is 35.4 Å². The van der Waals surface area contributed by atoms with Gasteiger partial charge in [-0.05, 0) is 31.0 Å². The van der Waals surface area contributed by atoms with Gasteiger partial charge in [0.15, 0.2) is 11.9 Å². The Bertz CT molecular complexity index is 1270. The highest BCUT2D eigenvalue weighted by atomic mass is 16.8. The Morgan fingerprint density at radius 3 is 2.36 bits per heavy atom. The topological polar surface area (TPSA) is 185 Å². The molecule has 0 radical (unpaired) electrons. The monoisotopic (exact) mass is 546 g/mol. The van der Waals surface area contributed by atoms with Gasteiger partial charge in [-0.2, -0.15) is 0 Å². The molecule has 2 aromatic carbocycles. The van der Waals surface area contributed by atoms with E-state index in [-0.39, 0.29) is 41.4 Å². The predicted molar refractivity (Wildman–Crippen MR) is 130 cm³/mol. The Morgan fingerprint density at radius 1 is 0.974 bits per heavy atom. The molecule has 12 heteroatoms. The molecule has 0 amide bonds. The number of ether oxygens (including phenoxy) is 5. The second-order valence-corrected chi connectivity index (χ2v) is 9.89. The number of carbonyl (C=O) groups is 1. The van der Waals surface area contributed by atoms with Gasteiger partial charge in [0, 0.05) is 24.5 Å². The number of cyclic esters (lactones) is 1. The second-order valence-electron chi connectivity index (χ2n) is 9.89. The number of esters is 1. The number of aryl methyl sites for hydroxylation is 1. The summed E-state index contributed by atoms with van der Waals surface area (Å²) in [6, 6.07) is 8.57. The van der Waals surface area contributed by atoms with Crippen molar-refractivity contribution in [1.29, 1.82) is 0 Å². The number of aliphatic hydroxyl groups excluding tert-OH is 3. The highest BCUT2D eigenvalue weighted by Gasteiger charge is 2.55. The van der Waals surface area contributed by atoms with E-state index in [1.165, 1.54) is 12.1 Å². The zero-order chi connectivity index (χ0) is 28.1. The van der Waals surface area contributed by atoms with E-state index in [1.54, 1.807) is 26.0 Å². The molecule has 7 atom stereocenters. The van der Waals surface area contributed by atoms with Crippen LogP contribution in [-0.2, 0) is 35.9 Å². The smallest absolute Gasteiger partial charge is 0.378 e. The molecule has 12 nitrogen and oxygen atoms in total. The Kier molecular flexibility index (Phi) is 6.97. The summed E-state index contributed by atoms with van der Waals surface area (Å²) in [6.07, 6.45) is -5.69. The van der Waals surface area contributed by atoms with Crippen LogP contribution in [0, 0.1) is 5.92 Å². The molecule has 6 N–H and O–H groups in total. The summed E-state index contributed by atoms with van der Waals surface area (Å²) in [5.74, 6) is -4.31. The summed E-state index contributed by atoms with van der Waals surface area (Å²) < 4.78 is 29.0. The van der Waals surface area contributed by atoms with Gasteiger partial charge in [0.2, 0.25) is 6.29 Å². The maximum Gasteiger partial charge on any atom is 0.378 e. The molecule has 1 fully saturated rings. The summed E-state index contributed by atoms with van der Waals surface area (Å²) in [5, 5.41) is 61.8. The van der Waals surface area contributed by atoms with Crippen molar-refractivity contribution in [3.8, 4) is 23.0 Å². The second kappa shape index (κ2) is 10.1. The van der Waals surface area contributed by atoms with Gasteiger partial charge in [-0.25, -0.2) is 4.79 Å². The molecule has 1 saturated heterocycles. The minimum absolute atomic E-state index is 0.0203. The van der Waals surface area contributed by atoms with Gasteiger partial charge in [-0.3, -0.25) is 0 Å². The number of carbonyl (C=O) groups excluding carboxylic acids is 1. The third-order valence-electron chi connectivity index (χ3n) is 7.22. The van der Waals surface area contributed by atoms with E-state index in [0.29, 0.717) is 0 Å². The number of rotatable bonds is 7. The van der Waals surface area contributed by atoms with Gasteiger partial charge in [-0.15, -0.1) is 0 Å². The van der Waals surface area contributed by atoms with Crippen LogP contribution in [0.5, 0.6) is 23.0 Å². The maximum absolute atomic E-state index is 12.5. The quantitative estimate of drug-likeness (QED) is 0.274. The summed E-state index contributed by atoms with van der Waals surface area (Å²) in [7, 11) is 0. The average Bonchev–Trinajstić information content (AvgIpc) is 3.40. The summed E-state index contributed by atoms with van der Waals surface area (Å²) in [6.45, 7) is 2.74. The minimum Gasteiger partial charge on any atom is -0.508 e. The van der Waals surface area contributed by atoms with Crippen molar-refractivity contribution in [2.75, 3.05) is 6.61 Å². The highest BCUT2D eigenvalue weighted by molar-refractivity contribution is 5.90. The molecule has 39 heavy (non-hydrogen) atoms. The van der Waals surface area contributed by atoms with Crippen molar-refractivity contribution in [1.82, 2.24) is 0 Å². The van der Waals surface area contributed by atoms with E-state index in [1.807, 2.05) is 0 Å². The molecule has 0 spiro atoms. The van der Waals surface area contributed by atoms with E-state index in [0.717, 1.165) is 17.7 Å². The number of benzene rings is 2. The number of phenolic OH excluding ortho intramolecular Hbond substituents is 3. The third kappa shape index (κ3) is 4.80. The lowest BCUT2D eigenvalue weighted by Crippen LogP contribution is -2.56. The number of hydrogen-bond donors (Lipinski definition) is 6. The lowest BCUT2D eigenvalue weighted by molar-refractivity contribution is -0.262. The first-order valence-electron chi connectivity index (χ1n) is 12.5. The van der Waals surface area contributed by atoms with Crippen molar-refractivity contribution < 1.29 is 59.1 Å². The van der Waals surface area contributed by atoms with Crippen molar-refractivity contribution in [2.45, 2.75) is 63.2 Å².